The quantitative estimate of drug-likeness (QED) is 0.652. The zero-order valence-corrected chi connectivity index (χ0v) is 14.7. The summed E-state index contributed by atoms with van der Waals surface area (Å²) in [6.45, 7) is 1.79. The van der Waals surface area contributed by atoms with Gasteiger partial charge in [0.25, 0.3) is 0 Å². The zero-order chi connectivity index (χ0) is 17.1. The van der Waals surface area contributed by atoms with Crippen molar-refractivity contribution in [3.8, 4) is 5.75 Å². The van der Waals surface area contributed by atoms with Crippen molar-refractivity contribution in [2.45, 2.75) is 25.2 Å². The molecule has 1 saturated carbocycles. The zero-order valence-electron chi connectivity index (χ0n) is 14.7. The molecule has 0 bridgehead atoms. The molecule has 1 atom stereocenters. The van der Waals surface area contributed by atoms with E-state index in [1.165, 1.54) is 29.4 Å². The van der Waals surface area contributed by atoms with Gasteiger partial charge in [-0.25, -0.2) is 0 Å². The second-order valence-corrected chi connectivity index (χ2v) is 6.91. The Morgan fingerprint density at radius 2 is 2.20 bits per heavy atom. The van der Waals surface area contributed by atoms with Crippen molar-refractivity contribution in [3.05, 3.63) is 60.0 Å². The van der Waals surface area contributed by atoms with Crippen LogP contribution in [0.5, 0.6) is 5.75 Å². The van der Waals surface area contributed by atoms with Crippen molar-refractivity contribution >= 4 is 10.9 Å². The predicted molar refractivity (Wildman–Crippen MR) is 101 cm³/mol. The van der Waals surface area contributed by atoms with Gasteiger partial charge in [-0.1, -0.05) is 12.1 Å². The van der Waals surface area contributed by atoms with Gasteiger partial charge in [0.1, 0.15) is 5.75 Å². The molecule has 0 saturated heterocycles. The number of nitrogens with zero attached hydrogens (tertiary/aromatic N) is 1. The van der Waals surface area contributed by atoms with Gasteiger partial charge >= 0.3 is 0 Å². The molecule has 2 N–H and O–H groups in total. The van der Waals surface area contributed by atoms with Crippen LogP contribution in [0.25, 0.3) is 10.9 Å². The molecule has 4 heteroatoms. The maximum atomic E-state index is 6.18. The number of aromatic nitrogens is 2. The van der Waals surface area contributed by atoms with Gasteiger partial charge in [-0.15, -0.1) is 0 Å². The SMILES string of the molecule is CNCCC(c1cccnc1)c1c[nH]c2cccc(OCC3CC3)c12. The van der Waals surface area contributed by atoms with Crippen LogP contribution in [0.1, 0.15) is 36.3 Å². The first-order valence-corrected chi connectivity index (χ1v) is 9.14. The van der Waals surface area contributed by atoms with E-state index in [0.29, 0.717) is 5.92 Å². The van der Waals surface area contributed by atoms with E-state index in [2.05, 4.69) is 45.7 Å². The molecule has 4 rings (SSSR count). The molecular weight excluding hydrogens is 310 g/mol. The summed E-state index contributed by atoms with van der Waals surface area (Å²) in [5, 5.41) is 4.49. The molecule has 1 aliphatic carbocycles. The van der Waals surface area contributed by atoms with Crippen molar-refractivity contribution in [1.82, 2.24) is 15.3 Å². The Morgan fingerprint density at radius 1 is 1.28 bits per heavy atom. The number of aromatic amines is 1. The molecule has 2 aromatic heterocycles. The molecule has 1 unspecified atom stereocenters. The monoisotopic (exact) mass is 335 g/mol. The Bertz CT molecular complexity index is 824. The topological polar surface area (TPSA) is 49.9 Å². The molecular formula is C21H25N3O. The molecule has 25 heavy (non-hydrogen) atoms. The lowest BCUT2D eigenvalue weighted by Crippen LogP contribution is -2.13. The summed E-state index contributed by atoms with van der Waals surface area (Å²) in [6, 6.07) is 10.5. The maximum absolute atomic E-state index is 6.18. The summed E-state index contributed by atoms with van der Waals surface area (Å²) in [5.74, 6) is 2.04. The van der Waals surface area contributed by atoms with Crippen molar-refractivity contribution in [3.63, 3.8) is 0 Å². The molecule has 0 aliphatic heterocycles. The van der Waals surface area contributed by atoms with Crippen LogP contribution in [-0.2, 0) is 0 Å². The normalized spacial score (nSPS) is 15.4. The minimum Gasteiger partial charge on any atom is -0.493 e. The summed E-state index contributed by atoms with van der Waals surface area (Å²) < 4.78 is 6.18. The molecule has 1 fully saturated rings. The fraction of sp³-hybridized carbons (Fsp3) is 0.381. The Morgan fingerprint density at radius 3 is 2.96 bits per heavy atom. The first-order chi connectivity index (χ1) is 12.4. The molecule has 1 aliphatic rings. The van der Waals surface area contributed by atoms with Gasteiger partial charge in [-0.05, 0) is 68.1 Å². The second kappa shape index (κ2) is 7.28. The first kappa shape index (κ1) is 16.2. The molecule has 3 aromatic rings. The fourth-order valence-corrected chi connectivity index (χ4v) is 3.44. The van der Waals surface area contributed by atoms with Crippen molar-refractivity contribution in [2.75, 3.05) is 20.2 Å². The van der Waals surface area contributed by atoms with Gasteiger partial charge in [-0.2, -0.15) is 0 Å². The average molecular weight is 335 g/mol. The minimum absolute atomic E-state index is 0.292. The standard InChI is InChI=1S/C21H25N3O/c1-22-11-9-17(16-4-3-10-23-12-16)18-13-24-19-5-2-6-20(21(18)19)25-14-15-7-8-15/h2-6,10,12-13,15,17,22,24H,7-9,11,14H2,1H3. The van der Waals surface area contributed by atoms with Crippen LogP contribution in [0.4, 0.5) is 0 Å². The van der Waals surface area contributed by atoms with Gasteiger partial charge in [0.05, 0.1) is 6.61 Å². The number of nitrogens with one attached hydrogen (secondary N) is 2. The van der Waals surface area contributed by atoms with Crippen LogP contribution in [-0.4, -0.2) is 30.2 Å². The molecule has 1 aromatic carbocycles. The van der Waals surface area contributed by atoms with Crippen LogP contribution >= 0.6 is 0 Å². The number of fused-ring (bicyclic) bond motifs is 1. The highest BCUT2D eigenvalue weighted by Gasteiger charge is 2.24. The van der Waals surface area contributed by atoms with Gasteiger partial charge < -0.3 is 15.0 Å². The Labute approximate surface area is 148 Å². The summed E-state index contributed by atoms with van der Waals surface area (Å²) in [7, 11) is 2.00. The Balaban J connectivity index is 1.74. The van der Waals surface area contributed by atoms with E-state index >= 15 is 0 Å². The lowest BCUT2D eigenvalue weighted by Gasteiger charge is -2.18. The molecule has 0 amide bonds. The van der Waals surface area contributed by atoms with E-state index in [1.807, 2.05) is 25.5 Å². The lowest BCUT2D eigenvalue weighted by molar-refractivity contribution is 0.303. The third-order valence-electron chi connectivity index (χ3n) is 5.01. The number of ether oxygens (including phenoxy) is 1. The smallest absolute Gasteiger partial charge is 0.128 e. The molecule has 130 valence electrons. The van der Waals surface area contributed by atoms with Crippen LogP contribution in [0.3, 0.4) is 0 Å². The maximum Gasteiger partial charge on any atom is 0.128 e. The van der Waals surface area contributed by atoms with E-state index in [4.69, 9.17) is 4.74 Å². The molecule has 2 heterocycles. The number of hydrogen-bond donors (Lipinski definition) is 2. The number of hydrogen-bond acceptors (Lipinski definition) is 3. The van der Waals surface area contributed by atoms with E-state index in [0.717, 1.165) is 36.8 Å². The minimum atomic E-state index is 0.292. The fourth-order valence-electron chi connectivity index (χ4n) is 3.44. The predicted octanol–water partition coefficient (Wildman–Crippen LogP) is 4.09. The summed E-state index contributed by atoms with van der Waals surface area (Å²) in [6.07, 6.45) is 9.58. The van der Waals surface area contributed by atoms with Crippen LogP contribution in [0.2, 0.25) is 0 Å². The third kappa shape index (κ3) is 3.54. The van der Waals surface area contributed by atoms with E-state index in [-0.39, 0.29) is 0 Å². The summed E-state index contributed by atoms with van der Waals surface area (Å²) in [4.78, 5) is 7.77. The lowest BCUT2D eigenvalue weighted by atomic mass is 9.89. The van der Waals surface area contributed by atoms with Crippen molar-refractivity contribution in [1.29, 1.82) is 0 Å². The largest absolute Gasteiger partial charge is 0.493 e. The highest BCUT2D eigenvalue weighted by Crippen LogP contribution is 2.38. The summed E-state index contributed by atoms with van der Waals surface area (Å²) in [5.41, 5.74) is 3.68. The van der Waals surface area contributed by atoms with Crippen LogP contribution in [0, 0.1) is 5.92 Å². The van der Waals surface area contributed by atoms with Crippen LogP contribution in [0.15, 0.2) is 48.9 Å². The van der Waals surface area contributed by atoms with Gasteiger partial charge in [0.2, 0.25) is 0 Å². The average Bonchev–Trinajstić information content (AvgIpc) is 3.39. The molecule has 0 radical (unpaired) electrons. The van der Waals surface area contributed by atoms with E-state index < -0.39 is 0 Å². The van der Waals surface area contributed by atoms with E-state index in [9.17, 15) is 0 Å². The number of rotatable bonds is 8. The van der Waals surface area contributed by atoms with E-state index in [1.54, 1.807) is 0 Å². The third-order valence-corrected chi connectivity index (χ3v) is 5.01. The number of H-pyrrole nitrogens is 1. The molecule has 0 spiro atoms. The highest BCUT2D eigenvalue weighted by molar-refractivity contribution is 5.90. The van der Waals surface area contributed by atoms with Crippen molar-refractivity contribution in [2.24, 2.45) is 5.92 Å². The Kier molecular flexibility index (Phi) is 4.70. The van der Waals surface area contributed by atoms with Gasteiger partial charge in [0.15, 0.2) is 0 Å². The first-order valence-electron chi connectivity index (χ1n) is 9.14. The number of benzene rings is 1. The highest BCUT2D eigenvalue weighted by atomic mass is 16.5. The van der Waals surface area contributed by atoms with Crippen LogP contribution < -0.4 is 10.1 Å². The summed E-state index contributed by atoms with van der Waals surface area (Å²) >= 11 is 0. The molecule has 4 nitrogen and oxygen atoms in total. The Hall–Kier alpha value is -2.33. The van der Waals surface area contributed by atoms with Gasteiger partial charge in [0, 0.05) is 35.4 Å². The van der Waals surface area contributed by atoms with Crippen molar-refractivity contribution < 1.29 is 4.74 Å². The van der Waals surface area contributed by atoms with Gasteiger partial charge in [-0.3, -0.25) is 4.98 Å². The second-order valence-electron chi connectivity index (χ2n) is 6.91. The number of pyridine rings is 1.